The van der Waals surface area contributed by atoms with Crippen molar-refractivity contribution in [1.82, 2.24) is 0 Å². The van der Waals surface area contributed by atoms with E-state index in [9.17, 15) is 0 Å². The lowest BCUT2D eigenvalue weighted by atomic mass is 9.89. The molecule has 0 aliphatic heterocycles. The molecule has 1 aliphatic rings. The Kier molecular flexibility index (Phi) is 3.53. The summed E-state index contributed by atoms with van der Waals surface area (Å²) in [6, 6.07) is 7.28. The van der Waals surface area contributed by atoms with Gasteiger partial charge in [0.25, 0.3) is 0 Å². The van der Waals surface area contributed by atoms with Gasteiger partial charge in [0.15, 0.2) is 0 Å². The molecule has 0 aromatic heterocycles. The molecule has 0 radical (unpaired) electrons. The highest BCUT2D eigenvalue weighted by molar-refractivity contribution is 5.56. The third-order valence-electron chi connectivity index (χ3n) is 3.40. The van der Waals surface area contributed by atoms with Crippen LogP contribution in [0.4, 0.5) is 5.69 Å². The first-order valence-corrected chi connectivity index (χ1v) is 6.15. The van der Waals surface area contributed by atoms with Gasteiger partial charge in [0, 0.05) is 0 Å². The summed E-state index contributed by atoms with van der Waals surface area (Å²) >= 11 is 0. The fourth-order valence-corrected chi connectivity index (χ4v) is 2.25. The molecule has 0 bridgehead atoms. The monoisotopic (exact) mass is 230 g/mol. The minimum atomic E-state index is 0.279. The van der Waals surface area contributed by atoms with Crippen LogP contribution in [-0.2, 0) is 0 Å². The van der Waals surface area contributed by atoms with E-state index in [1.165, 1.54) is 12.8 Å². The lowest BCUT2D eigenvalue weighted by molar-refractivity contribution is 0.136. The van der Waals surface area contributed by atoms with Crippen LogP contribution in [0.5, 0.6) is 5.75 Å². The van der Waals surface area contributed by atoms with Crippen LogP contribution >= 0.6 is 0 Å². The lowest BCUT2D eigenvalue weighted by Gasteiger charge is -2.27. The van der Waals surface area contributed by atoms with Crippen LogP contribution in [0.2, 0.25) is 0 Å². The molecule has 0 spiro atoms. The van der Waals surface area contributed by atoms with Crippen molar-refractivity contribution in [3.05, 3.63) is 23.8 Å². The molecule has 17 heavy (non-hydrogen) atoms. The van der Waals surface area contributed by atoms with Crippen molar-refractivity contribution in [2.24, 2.45) is 5.92 Å². The zero-order valence-electron chi connectivity index (χ0n) is 10.1. The normalized spacial score (nSPS) is 24.0. The molecule has 1 saturated carbocycles. The minimum Gasteiger partial charge on any atom is -0.488 e. The Labute approximate surface area is 102 Å². The van der Waals surface area contributed by atoms with E-state index in [-0.39, 0.29) is 6.10 Å². The molecule has 2 rings (SSSR count). The molecular formula is C14H18N2O. The van der Waals surface area contributed by atoms with Gasteiger partial charge in [0.2, 0.25) is 0 Å². The summed E-state index contributed by atoms with van der Waals surface area (Å²) in [6.45, 7) is 2.28. The van der Waals surface area contributed by atoms with Gasteiger partial charge in [-0.3, -0.25) is 0 Å². The molecule has 1 aromatic carbocycles. The van der Waals surface area contributed by atoms with Crippen molar-refractivity contribution in [1.29, 1.82) is 5.26 Å². The molecule has 0 heterocycles. The summed E-state index contributed by atoms with van der Waals surface area (Å²) < 4.78 is 5.90. The highest BCUT2D eigenvalue weighted by Crippen LogP contribution is 2.30. The van der Waals surface area contributed by atoms with Crippen molar-refractivity contribution >= 4 is 5.69 Å². The number of nitriles is 1. The minimum absolute atomic E-state index is 0.279. The summed E-state index contributed by atoms with van der Waals surface area (Å²) in [4.78, 5) is 0. The molecule has 3 heteroatoms. The van der Waals surface area contributed by atoms with Crippen LogP contribution in [0.25, 0.3) is 0 Å². The first-order chi connectivity index (χ1) is 8.19. The quantitative estimate of drug-likeness (QED) is 0.794. The maximum Gasteiger partial charge on any atom is 0.142 e. The molecule has 0 amide bonds. The molecule has 0 unspecified atom stereocenters. The van der Waals surface area contributed by atoms with Crippen LogP contribution in [0, 0.1) is 17.2 Å². The smallest absolute Gasteiger partial charge is 0.142 e. The average molecular weight is 230 g/mol. The van der Waals surface area contributed by atoms with Crippen LogP contribution in [0.1, 0.15) is 38.2 Å². The number of nitrogens with two attached hydrogens (primary N) is 1. The van der Waals surface area contributed by atoms with Gasteiger partial charge in [-0.2, -0.15) is 5.26 Å². The number of hydrogen-bond acceptors (Lipinski definition) is 3. The highest BCUT2D eigenvalue weighted by atomic mass is 16.5. The van der Waals surface area contributed by atoms with Crippen molar-refractivity contribution in [3.63, 3.8) is 0 Å². The maximum atomic E-state index is 8.76. The lowest BCUT2D eigenvalue weighted by Crippen LogP contribution is -2.23. The van der Waals surface area contributed by atoms with Crippen molar-refractivity contribution < 1.29 is 4.74 Å². The van der Waals surface area contributed by atoms with E-state index in [1.54, 1.807) is 18.2 Å². The Morgan fingerprint density at radius 1 is 1.29 bits per heavy atom. The Balaban J connectivity index is 2.02. The standard InChI is InChI=1S/C14H18N2O/c1-10-2-5-12(6-3-10)17-14-7-4-11(9-15)8-13(14)16/h4,7-8,10,12H,2-3,5-6,16H2,1H3. The van der Waals surface area contributed by atoms with Crippen molar-refractivity contribution in [3.8, 4) is 11.8 Å². The van der Waals surface area contributed by atoms with Gasteiger partial charge in [-0.1, -0.05) is 6.92 Å². The van der Waals surface area contributed by atoms with Crippen LogP contribution < -0.4 is 10.5 Å². The zero-order valence-corrected chi connectivity index (χ0v) is 10.1. The van der Waals surface area contributed by atoms with E-state index in [4.69, 9.17) is 15.7 Å². The SMILES string of the molecule is CC1CCC(Oc2ccc(C#N)cc2N)CC1. The molecule has 0 saturated heterocycles. The number of benzene rings is 1. The van der Waals surface area contributed by atoms with Crippen LogP contribution in [-0.4, -0.2) is 6.10 Å². The molecule has 0 atom stereocenters. The Morgan fingerprint density at radius 2 is 2.00 bits per heavy atom. The molecule has 1 aromatic rings. The molecule has 3 nitrogen and oxygen atoms in total. The van der Waals surface area contributed by atoms with Gasteiger partial charge in [-0.05, 0) is 49.8 Å². The number of nitrogens with zero attached hydrogens (tertiary/aromatic N) is 1. The topological polar surface area (TPSA) is 59.0 Å². The number of rotatable bonds is 2. The number of hydrogen-bond donors (Lipinski definition) is 1. The molecular weight excluding hydrogens is 212 g/mol. The second kappa shape index (κ2) is 5.09. The van der Waals surface area contributed by atoms with E-state index in [0.717, 1.165) is 18.8 Å². The number of ether oxygens (including phenoxy) is 1. The third kappa shape index (κ3) is 2.91. The highest BCUT2D eigenvalue weighted by Gasteiger charge is 2.20. The average Bonchev–Trinajstić information content (AvgIpc) is 2.34. The zero-order chi connectivity index (χ0) is 12.3. The van der Waals surface area contributed by atoms with Crippen molar-refractivity contribution in [2.45, 2.75) is 38.7 Å². The summed E-state index contributed by atoms with van der Waals surface area (Å²) in [5, 5.41) is 8.76. The Hall–Kier alpha value is -1.69. The number of nitrogen functional groups attached to an aromatic ring is 1. The Morgan fingerprint density at radius 3 is 2.59 bits per heavy atom. The van der Waals surface area contributed by atoms with Crippen LogP contribution in [0.15, 0.2) is 18.2 Å². The van der Waals surface area contributed by atoms with Gasteiger partial charge in [-0.25, -0.2) is 0 Å². The largest absolute Gasteiger partial charge is 0.488 e. The van der Waals surface area contributed by atoms with E-state index in [2.05, 4.69) is 13.0 Å². The van der Waals surface area contributed by atoms with Gasteiger partial charge in [-0.15, -0.1) is 0 Å². The molecule has 1 fully saturated rings. The van der Waals surface area contributed by atoms with Crippen molar-refractivity contribution in [2.75, 3.05) is 5.73 Å². The molecule has 90 valence electrons. The van der Waals surface area contributed by atoms with Gasteiger partial charge in [0.1, 0.15) is 5.75 Å². The Bertz CT molecular complexity index is 428. The second-order valence-corrected chi connectivity index (χ2v) is 4.86. The molecule has 1 aliphatic carbocycles. The van der Waals surface area contributed by atoms with Crippen LogP contribution in [0.3, 0.4) is 0 Å². The second-order valence-electron chi connectivity index (χ2n) is 4.86. The van der Waals surface area contributed by atoms with Gasteiger partial charge >= 0.3 is 0 Å². The fourth-order valence-electron chi connectivity index (χ4n) is 2.25. The third-order valence-corrected chi connectivity index (χ3v) is 3.40. The van der Waals surface area contributed by atoms with Gasteiger partial charge in [0.05, 0.1) is 23.4 Å². The predicted molar refractivity (Wildman–Crippen MR) is 67.6 cm³/mol. The summed E-state index contributed by atoms with van der Waals surface area (Å²) in [7, 11) is 0. The summed E-state index contributed by atoms with van der Waals surface area (Å²) in [5.41, 5.74) is 7.00. The summed E-state index contributed by atoms with van der Waals surface area (Å²) in [6.07, 6.45) is 4.92. The first kappa shape index (κ1) is 11.8. The predicted octanol–water partition coefficient (Wildman–Crippen LogP) is 3.10. The first-order valence-electron chi connectivity index (χ1n) is 6.15. The maximum absolute atomic E-state index is 8.76. The molecule has 2 N–H and O–H groups in total. The van der Waals surface area contributed by atoms with E-state index >= 15 is 0 Å². The fraction of sp³-hybridized carbons (Fsp3) is 0.500. The van der Waals surface area contributed by atoms with E-state index in [0.29, 0.717) is 17.0 Å². The van der Waals surface area contributed by atoms with E-state index in [1.807, 2.05) is 0 Å². The van der Waals surface area contributed by atoms with E-state index < -0.39 is 0 Å². The van der Waals surface area contributed by atoms with Gasteiger partial charge < -0.3 is 10.5 Å². The number of anilines is 1. The summed E-state index contributed by atoms with van der Waals surface area (Å²) in [5.74, 6) is 1.52.